The summed E-state index contributed by atoms with van der Waals surface area (Å²) in [6, 6.07) is 14.8. The first-order chi connectivity index (χ1) is 19.5. The minimum atomic E-state index is -0.108. The molecule has 0 saturated carbocycles. The Kier molecular flexibility index (Phi) is 9.30. The highest BCUT2D eigenvalue weighted by Crippen LogP contribution is 2.42. The van der Waals surface area contributed by atoms with Crippen LogP contribution in [0.5, 0.6) is 23.0 Å². The maximum atomic E-state index is 10.1. The van der Waals surface area contributed by atoms with Crippen LogP contribution in [0.15, 0.2) is 46.8 Å². The van der Waals surface area contributed by atoms with Crippen molar-refractivity contribution in [3.63, 3.8) is 0 Å². The number of nitriles is 2. The van der Waals surface area contributed by atoms with Crippen molar-refractivity contribution in [3.8, 4) is 56.8 Å². The summed E-state index contributed by atoms with van der Waals surface area (Å²) in [5, 5.41) is 31.9. The zero-order valence-corrected chi connectivity index (χ0v) is 23.6. The van der Waals surface area contributed by atoms with Crippen molar-refractivity contribution in [2.24, 2.45) is 0 Å². The van der Waals surface area contributed by atoms with E-state index >= 15 is 0 Å². The molecular formula is C28H25N5O5S2. The van der Waals surface area contributed by atoms with Crippen LogP contribution in [0.3, 0.4) is 0 Å². The van der Waals surface area contributed by atoms with E-state index in [0.717, 1.165) is 16.3 Å². The Morgan fingerprint density at radius 2 is 1.62 bits per heavy atom. The molecule has 0 radical (unpaired) electrons. The number of ether oxygens (including phenoxy) is 4. The average Bonchev–Trinajstić information content (AvgIpc) is 3.47. The van der Waals surface area contributed by atoms with E-state index in [4.69, 9.17) is 34.8 Å². The van der Waals surface area contributed by atoms with Gasteiger partial charge in [-0.1, -0.05) is 23.9 Å². The van der Waals surface area contributed by atoms with Gasteiger partial charge in [-0.2, -0.15) is 10.5 Å². The minimum Gasteiger partial charge on any atom is -0.493 e. The van der Waals surface area contributed by atoms with Crippen LogP contribution in [-0.2, 0) is 5.75 Å². The zero-order valence-electron chi connectivity index (χ0n) is 21.9. The first-order valence-electron chi connectivity index (χ1n) is 11.8. The number of benzene rings is 2. The third kappa shape index (κ3) is 5.90. The molecule has 2 aromatic heterocycles. The molecule has 0 unspecified atom stereocenters. The van der Waals surface area contributed by atoms with Gasteiger partial charge in [-0.25, -0.2) is 9.97 Å². The van der Waals surface area contributed by atoms with Crippen molar-refractivity contribution >= 4 is 28.9 Å². The second-order valence-electron chi connectivity index (χ2n) is 8.09. The molecule has 2 aromatic carbocycles. The van der Waals surface area contributed by atoms with Crippen molar-refractivity contribution in [1.29, 1.82) is 10.5 Å². The van der Waals surface area contributed by atoms with E-state index in [9.17, 15) is 10.5 Å². The highest BCUT2D eigenvalue weighted by molar-refractivity contribution is 7.98. The van der Waals surface area contributed by atoms with Gasteiger partial charge < -0.3 is 29.8 Å². The van der Waals surface area contributed by atoms with E-state index in [1.54, 1.807) is 45.6 Å². The van der Waals surface area contributed by atoms with Crippen LogP contribution in [0.25, 0.3) is 21.7 Å². The summed E-state index contributed by atoms with van der Waals surface area (Å²) in [5.74, 6) is 2.56. The van der Waals surface area contributed by atoms with Gasteiger partial charge in [-0.05, 0) is 29.8 Å². The normalized spacial score (nSPS) is 10.4. The number of anilines is 1. The largest absolute Gasteiger partial charge is 0.493 e. The Hall–Kier alpha value is -4.49. The topological polar surface area (TPSA) is 157 Å². The van der Waals surface area contributed by atoms with E-state index in [1.807, 2.05) is 17.5 Å². The third-order valence-corrected chi connectivity index (χ3v) is 7.69. The molecule has 0 amide bonds. The van der Waals surface area contributed by atoms with Crippen LogP contribution in [0, 0.1) is 22.7 Å². The lowest BCUT2D eigenvalue weighted by Crippen LogP contribution is -2.04. The highest BCUT2D eigenvalue weighted by Gasteiger charge is 2.21. The zero-order chi connectivity index (χ0) is 28.6. The molecule has 204 valence electrons. The molecule has 0 atom stereocenters. The number of aromatic nitrogens is 2. The predicted octanol–water partition coefficient (Wildman–Crippen LogP) is 4.89. The molecule has 4 aromatic rings. The number of nitrogens with two attached hydrogens (primary N) is 1. The molecule has 0 fully saturated rings. The fraction of sp³-hybridized carbons (Fsp3) is 0.214. The summed E-state index contributed by atoms with van der Waals surface area (Å²) < 4.78 is 21.7. The number of thiazole rings is 1. The van der Waals surface area contributed by atoms with Gasteiger partial charge in [-0.15, -0.1) is 11.3 Å². The van der Waals surface area contributed by atoms with Gasteiger partial charge in [0.1, 0.15) is 45.9 Å². The summed E-state index contributed by atoms with van der Waals surface area (Å²) >= 11 is 2.77. The second kappa shape index (κ2) is 13.0. The third-order valence-electron chi connectivity index (χ3n) is 5.74. The van der Waals surface area contributed by atoms with Crippen molar-refractivity contribution in [3.05, 3.63) is 58.6 Å². The van der Waals surface area contributed by atoms with Crippen LogP contribution < -0.4 is 24.7 Å². The second-order valence-corrected chi connectivity index (χ2v) is 9.92. The lowest BCUT2D eigenvalue weighted by atomic mass is 9.97. The lowest BCUT2D eigenvalue weighted by Gasteiger charge is -2.13. The standard InChI is InChI=1S/C28H25N5O5S2/c1-35-22-10-17(11-23(36-2)25(22)37-3)27-32-18(14-39-27)15-40-28-21(13-30)24(20(12-29)26(31)33-28)16-4-6-19(7-5-16)38-9-8-34/h4-7,10-11,14,34H,8-9,15H2,1-3H3,(H2,31,33). The van der Waals surface area contributed by atoms with Crippen LogP contribution >= 0.6 is 23.1 Å². The fourth-order valence-corrected chi connectivity index (χ4v) is 5.73. The van der Waals surface area contributed by atoms with Crippen molar-refractivity contribution in [2.75, 3.05) is 40.3 Å². The average molecular weight is 576 g/mol. The number of nitrogen functional groups attached to an aromatic ring is 1. The Balaban J connectivity index is 1.63. The number of aliphatic hydroxyl groups is 1. The Morgan fingerprint density at radius 1 is 0.950 bits per heavy atom. The van der Waals surface area contributed by atoms with Gasteiger partial charge in [0.05, 0.1) is 39.2 Å². The quantitative estimate of drug-likeness (QED) is 0.235. The number of hydrogen-bond acceptors (Lipinski definition) is 12. The van der Waals surface area contributed by atoms with Gasteiger partial charge in [0, 0.05) is 22.3 Å². The van der Waals surface area contributed by atoms with Gasteiger partial charge in [0.2, 0.25) is 5.75 Å². The molecule has 2 heterocycles. The molecule has 0 aliphatic rings. The molecule has 40 heavy (non-hydrogen) atoms. The predicted molar refractivity (Wildman–Crippen MR) is 153 cm³/mol. The van der Waals surface area contributed by atoms with Gasteiger partial charge >= 0.3 is 0 Å². The Morgan fingerprint density at radius 3 is 2.20 bits per heavy atom. The number of nitrogens with zero attached hydrogens (tertiary/aromatic N) is 4. The molecule has 3 N–H and O–H groups in total. The molecule has 4 rings (SSSR count). The van der Waals surface area contributed by atoms with Gasteiger partial charge in [0.25, 0.3) is 0 Å². The van der Waals surface area contributed by atoms with Gasteiger partial charge in [0.15, 0.2) is 11.5 Å². The summed E-state index contributed by atoms with van der Waals surface area (Å²) in [6.07, 6.45) is 0. The number of thioether (sulfide) groups is 1. The van der Waals surface area contributed by atoms with Gasteiger partial charge in [-0.3, -0.25) is 0 Å². The van der Waals surface area contributed by atoms with E-state index in [2.05, 4.69) is 17.1 Å². The molecule has 0 aliphatic heterocycles. The molecule has 0 spiro atoms. The summed E-state index contributed by atoms with van der Waals surface area (Å²) in [4.78, 5) is 9.12. The fourth-order valence-electron chi connectivity index (χ4n) is 3.93. The number of hydrogen-bond donors (Lipinski definition) is 2. The number of pyridine rings is 1. The SMILES string of the molecule is COc1cc(-c2nc(CSc3nc(N)c(C#N)c(-c4ccc(OCCO)cc4)c3C#N)cs2)cc(OC)c1OC. The van der Waals surface area contributed by atoms with Crippen LogP contribution in [0.4, 0.5) is 5.82 Å². The number of aliphatic hydroxyl groups excluding tert-OH is 1. The van der Waals surface area contributed by atoms with E-state index in [-0.39, 0.29) is 30.2 Å². The summed E-state index contributed by atoms with van der Waals surface area (Å²) in [6.45, 7) is 0.0520. The first-order valence-corrected chi connectivity index (χ1v) is 13.7. The first kappa shape index (κ1) is 28.5. The maximum Gasteiger partial charge on any atom is 0.203 e. The van der Waals surface area contributed by atoms with E-state index in [1.165, 1.54) is 23.1 Å². The van der Waals surface area contributed by atoms with Crippen molar-refractivity contribution < 1.29 is 24.1 Å². The van der Waals surface area contributed by atoms with Crippen LogP contribution in [0.2, 0.25) is 0 Å². The van der Waals surface area contributed by atoms with E-state index < -0.39 is 0 Å². The van der Waals surface area contributed by atoms with Crippen molar-refractivity contribution in [2.45, 2.75) is 10.8 Å². The number of rotatable bonds is 11. The minimum absolute atomic E-state index is 0.0380. The molecule has 10 nitrogen and oxygen atoms in total. The molecule has 12 heteroatoms. The lowest BCUT2D eigenvalue weighted by molar-refractivity contribution is 0.201. The van der Waals surface area contributed by atoms with Crippen LogP contribution in [-0.4, -0.2) is 49.6 Å². The molecule has 0 aliphatic carbocycles. The van der Waals surface area contributed by atoms with E-state index in [0.29, 0.717) is 44.9 Å². The Bertz CT molecular complexity index is 1570. The maximum absolute atomic E-state index is 10.1. The summed E-state index contributed by atoms with van der Waals surface area (Å²) in [5.41, 5.74) is 9.15. The highest BCUT2D eigenvalue weighted by atomic mass is 32.2. The van der Waals surface area contributed by atoms with Crippen molar-refractivity contribution in [1.82, 2.24) is 9.97 Å². The number of methoxy groups -OCH3 is 3. The molecule has 0 saturated heterocycles. The monoisotopic (exact) mass is 575 g/mol. The molecular weight excluding hydrogens is 550 g/mol. The smallest absolute Gasteiger partial charge is 0.203 e. The van der Waals surface area contributed by atoms with Crippen LogP contribution in [0.1, 0.15) is 16.8 Å². The molecule has 0 bridgehead atoms. The Labute approximate surface area is 239 Å². The summed E-state index contributed by atoms with van der Waals surface area (Å²) in [7, 11) is 4.66.